The molecule has 0 saturated carbocycles. The van der Waals surface area contributed by atoms with Crippen molar-refractivity contribution in [2.45, 2.75) is 19.4 Å². The Bertz CT molecular complexity index is 502. The van der Waals surface area contributed by atoms with Crippen LogP contribution in [-0.4, -0.2) is 11.5 Å². The van der Waals surface area contributed by atoms with Gasteiger partial charge >= 0.3 is 0 Å². The van der Waals surface area contributed by atoms with Gasteiger partial charge < -0.3 is 5.32 Å². The van der Waals surface area contributed by atoms with Gasteiger partial charge in [-0.25, -0.2) is 4.98 Å². The standard InChI is InChI=1S/C13H14BrClN2S/c1-9(13-17-4-5-18-13)7-16-8-10-2-3-11(14)6-12(10)15/h2-6,9,16H,7-8H2,1H3. The highest BCUT2D eigenvalue weighted by Crippen LogP contribution is 2.21. The lowest BCUT2D eigenvalue weighted by molar-refractivity contribution is 0.613. The van der Waals surface area contributed by atoms with Gasteiger partial charge in [0.05, 0.1) is 5.01 Å². The molecule has 2 nitrogen and oxygen atoms in total. The molecule has 0 fully saturated rings. The molecule has 0 radical (unpaired) electrons. The lowest BCUT2D eigenvalue weighted by atomic mass is 10.2. The lowest BCUT2D eigenvalue weighted by Crippen LogP contribution is -2.19. The van der Waals surface area contributed by atoms with Crippen LogP contribution in [0.15, 0.2) is 34.2 Å². The SMILES string of the molecule is CC(CNCc1ccc(Br)cc1Cl)c1nccs1. The van der Waals surface area contributed by atoms with Crippen LogP contribution in [0.2, 0.25) is 5.02 Å². The van der Waals surface area contributed by atoms with Crippen molar-refractivity contribution in [3.8, 4) is 0 Å². The fourth-order valence-electron chi connectivity index (χ4n) is 1.65. The second-order valence-corrected chi connectivity index (χ2v) is 6.39. The van der Waals surface area contributed by atoms with E-state index in [0.717, 1.165) is 28.1 Å². The summed E-state index contributed by atoms with van der Waals surface area (Å²) in [6, 6.07) is 5.96. The maximum atomic E-state index is 6.16. The Hall–Kier alpha value is -0.420. The minimum atomic E-state index is 0.430. The smallest absolute Gasteiger partial charge is 0.0965 e. The quantitative estimate of drug-likeness (QED) is 0.866. The second-order valence-electron chi connectivity index (χ2n) is 4.14. The first-order chi connectivity index (χ1) is 8.66. The van der Waals surface area contributed by atoms with Crippen molar-refractivity contribution >= 4 is 38.9 Å². The fourth-order valence-corrected chi connectivity index (χ4v) is 3.09. The Morgan fingerprint density at radius 3 is 3.00 bits per heavy atom. The van der Waals surface area contributed by atoms with Crippen LogP contribution in [0.5, 0.6) is 0 Å². The van der Waals surface area contributed by atoms with Crippen LogP contribution < -0.4 is 5.32 Å². The van der Waals surface area contributed by atoms with E-state index in [0.29, 0.717) is 5.92 Å². The highest BCUT2D eigenvalue weighted by atomic mass is 79.9. The van der Waals surface area contributed by atoms with E-state index in [2.05, 4.69) is 33.2 Å². The van der Waals surface area contributed by atoms with Gasteiger partial charge in [-0.1, -0.05) is 40.5 Å². The normalized spacial score (nSPS) is 12.6. The van der Waals surface area contributed by atoms with Crippen molar-refractivity contribution in [3.05, 3.63) is 49.8 Å². The Morgan fingerprint density at radius 2 is 2.33 bits per heavy atom. The molecule has 1 aromatic heterocycles. The molecular formula is C13H14BrClN2S. The lowest BCUT2D eigenvalue weighted by Gasteiger charge is -2.11. The van der Waals surface area contributed by atoms with Crippen LogP contribution in [0.25, 0.3) is 0 Å². The maximum absolute atomic E-state index is 6.16. The minimum absolute atomic E-state index is 0.430. The Morgan fingerprint density at radius 1 is 1.50 bits per heavy atom. The predicted molar refractivity (Wildman–Crippen MR) is 81.4 cm³/mol. The van der Waals surface area contributed by atoms with Crippen molar-refractivity contribution < 1.29 is 0 Å². The molecule has 0 aliphatic rings. The van der Waals surface area contributed by atoms with Crippen LogP contribution in [0, 0.1) is 0 Å². The molecule has 5 heteroatoms. The molecular weight excluding hydrogens is 332 g/mol. The molecule has 2 rings (SSSR count). The summed E-state index contributed by atoms with van der Waals surface area (Å²) >= 11 is 11.3. The third kappa shape index (κ3) is 3.79. The van der Waals surface area contributed by atoms with Gasteiger partial charge in [0.15, 0.2) is 0 Å². The number of halogens is 2. The number of rotatable bonds is 5. The number of benzene rings is 1. The van der Waals surface area contributed by atoms with Gasteiger partial charge in [-0.2, -0.15) is 0 Å². The highest BCUT2D eigenvalue weighted by Gasteiger charge is 2.08. The molecule has 18 heavy (non-hydrogen) atoms. The van der Waals surface area contributed by atoms with Crippen molar-refractivity contribution in [3.63, 3.8) is 0 Å². The van der Waals surface area contributed by atoms with Gasteiger partial charge in [-0.05, 0) is 17.7 Å². The van der Waals surface area contributed by atoms with Crippen molar-refractivity contribution in [1.82, 2.24) is 10.3 Å². The van der Waals surface area contributed by atoms with E-state index in [1.165, 1.54) is 5.01 Å². The molecule has 1 unspecified atom stereocenters. The van der Waals surface area contributed by atoms with Crippen LogP contribution in [0.3, 0.4) is 0 Å². The van der Waals surface area contributed by atoms with Crippen LogP contribution in [-0.2, 0) is 6.54 Å². The fraction of sp³-hybridized carbons (Fsp3) is 0.308. The number of hydrogen-bond acceptors (Lipinski definition) is 3. The average Bonchev–Trinajstić information content (AvgIpc) is 2.85. The summed E-state index contributed by atoms with van der Waals surface area (Å²) in [4.78, 5) is 4.32. The van der Waals surface area contributed by atoms with Gasteiger partial charge in [0.25, 0.3) is 0 Å². The first-order valence-electron chi connectivity index (χ1n) is 5.71. The molecule has 1 atom stereocenters. The van der Waals surface area contributed by atoms with Gasteiger partial charge in [0.1, 0.15) is 0 Å². The van der Waals surface area contributed by atoms with Gasteiger partial charge in [0.2, 0.25) is 0 Å². The third-order valence-electron chi connectivity index (χ3n) is 2.65. The van der Waals surface area contributed by atoms with E-state index in [1.54, 1.807) is 11.3 Å². The number of nitrogens with zero attached hydrogens (tertiary/aromatic N) is 1. The molecule has 96 valence electrons. The van der Waals surface area contributed by atoms with Gasteiger partial charge in [0, 0.05) is 40.1 Å². The Kier molecular flexibility index (Phi) is 5.18. The second kappa shape index (κ2) is 6.66. The molecule has 0 bridgehead atoms. The van der Waals surface area contributed by atoms with E-state index in [4.69, 9.17) is 11.6 Å². The molecule has 0 amide bonds. The number of nitrogens with one attached hydrogen (secondary N) is 1. The zero-order chi connectivity index (χ0) is 13.0. The van der Waals surface area contributed by atoms with Gasteiger partial charge in [-0.15, -0.1) is 11.3 Å². The van der Waals surface area contributed by atoms with E-state index >= 15 is 0 Å². The average molecular weight is 346 g/mol. The predicted octanol–water partition coefficient (Wildman–Crippen LogP) is 4.45. The maximum Gasteiger partial charge on any atom is 0.0965 e. The zero-order valence-electron chi connectivity index (χ0n) is 9.99. The molecule has 1 N–H and O–H groups in total. The first kappa shape index (κ1) is 14.0. The van der Waals surface area contributed by atoms with Crippen LogP contribution in [0.1, 0.15) is 23.4 Å². The molecule has 0 saturated heterocycles. The third-order valence-corrected chi connectivity index (χ3v) is 4.51. The van der Waals surface area contributed by atoms with Crippen LogP contribution in [0.4, 0.5) is 0 Å². The summed E-state index contributed by atoms with van der Waals surface area (Å²) in [5.41, 5.74) is 1.12. The molecule has 0 aliphatic carbocycles. The summed E-state index contributed by atoms with van der Waals surface area (Å²) < 4.78 is 1.01. The molecule has 0 aliphatic heterocycles. The van der Waals surface area contributed by atoms with Crippen molar-refractivity contribution in [1.29, 1.82) is 0 Å². The van der Waals surface area contributed by atoms with E-state index in [-0.39, 0.29) is 0 Å². The topological polar surface area (TPSA) is 24.9 Å². The summed E-state index contributed by atoms with van der Waals surface area (Å²) in [7, 11) is 0. The van der Waals surface area contributed by atoms with Crippen molar-refractivity contribution in [2.24, 2.45) is 0 Å². The molecule has 1 aromatic carbocycles. The van der Waals surface area contributed by atoms with Gasteiger partial charge in [-0.3, -0.25) is 0 Å². The summed E-state index contributed by atoms with van der Waals surface area (Å²) in [5.74, 6) is 0.430. The summed E-state index contributed by atoms with van der Waals surface area (Å²) in [6.45, 7) is 3.86. The molecule has 0 spiro atoms. The van der Waals surface area contributed by atoms with Crippen molar-refractivity contribution in [2.75, 3.05) is 6.54 Å². The Balaban J connectivity index is 1.85. The molecule has 1 heterocycles. The molecule has 2 aromatic rings. The monoisotopic (exact) mass is 344 g/mol. The summed E-state index contributed by atoms with van der Waals surface area (Å²) in [5, 5.41) is 7.39. The zero-order valence-corrected chi connectivity index (χ0v) is 13.1. The van der Waals surface area contributed by atoms with E-state index in [1.807, 2.05) is 29.8 Å². The minimum Gasteiger partial charge on any atom is -0.312 e. The first-order valence-corrected chi connectivity index (χ1v) is 7.76. The number of hydrogen-bond donors (Lipinski definition) is 1. The van der Waals surface area contributed by atoms with E-state index < -0.39 is 0 Å². The summed E-state index contributed by atoms with van der Waals surface area (Å²) in [6.07, 6.45) is 1.85. The Labute approximate surface area is 125 Å². The highest BCUT2D eigenvalue weighted by molar-refractivity contribution is 9.10. The number of thiazole rings is 1. The number of aromatic nitrogens is 1. The van der Waals surface area contributed by atoms with Crippen LogP contribution >= 0.6 is 38.9 Å². The largest absolute Gasteiger partial charge is 0.312 e. The van der Waals surface area contributed by atoms with E-state index in [9.17, 15) is 0 Å².